The fourth-order valence-electron chi connectivity index (χ4n) is 2.19. The Balaban J connectivity index is 2.02. The number of ether oxygens (including phenoxy) is 1. The highest BCUT2D eigenvalue weighted by Gasteiger charge is 2.24. The van der Waals surface area contributed by atoms with Crippen molar-refractivity contribution in [1.82, 2.24) is 15.0 Å². The Morgan fingerprint density at radius 3 is 2.50 bits per heavy atom. The van der Waals surface area contributed by atoms with Crippen LogP contribution in [0, 0.1) is 10.1 Å². The summed E-state index contributed by atoms with van der Waals surface area (Å²) >= 11 is 0. The topological polar surface area (TPSA) is 100 Å². The number of rotatable bonds is 4. The second-order valence-corrected chi connectivity index (χ2v) is 4.90. The first-order valence-corrected chi connectivity index (χ1v) is 6.98. The number of para-hydroxylation sites is 1. The minimum absolute atomic E-state index is 0.0400. The minimum atomic E-state index is -0.596. The fraction of sp³-hybridized carbons (Fsp3) is 0.0625. The second kappa shape index (κ2) is 6.29. The Morgan fingerprint density at radius 1 is 1.12 bits per heavy atom. The van der Waals surface area contributed by atoms with Gasteiger partial charge in [-0.3, -0.25) is 10.1 Å². The maximum atomic E-state index is 12.2. The third-order valence-electron chi connectivity index (χ3n) is 3.33. The maximum Gasteiger partial charge on any atom is 0.344 e. The third kappa shape index (κ3) is 2.84. The number of aromatic nitrogens is 3. The van der Waals surface area contributed by atoms with Crippen molar-refractivity contribution in [3.63, 3.8) is 0 Å². The number of hydrogen-bond acceptors (Lipinski definition) is 6. The molecule has 0 radical (unpaired) electrons. The molecule has 0 saturated carbocycles. The smallest absolute Gasteiger partial charge is 0.344 e. The molecule has 0 aliphatic carbocycles. The summed E-state index contributed by atoms with van der Waals surface area (Å²) in [7, 11) is 1.54. The zero-order chi connectivity index (χ0) is 17.1. The van der Waals surface area contributed by atoms with Crippen LogP contribution in [0.15, 0.2) is 54.6 Å². The predicted molar refractivity (Wildman–Crippen MR) is 84.5 cm³/mol. The first kappa shape index (κ1) is 15.3. The highest BCUT2D eigenvalue weighted by molar-refractivity contribution is 5.91. The summed E-state index contributed by atoms with van der Waals surface area (Å²) in [6, 6.07) is 14.5. The molecule has 0 amide bonds. The third-order valence-corrected chi connectivity index (χ3v) is 3.33. The lowest BCUT2D eigenvalue weighted by Crippen LogP contribution is -2.11. The Hall–Kier alpha value is -3.55. The molecule has 0 fully saturated rings. The lowest BCUT2D eigenvalue weighted by Gasteiger charge is -2.06. The molecule has 2 aromatic carbocycles. The van der Waals surface area contributed by atoms with Gasteiger partial charge in [0.25, 0.3) is 5.69 Å². The standard InChI is InChI=1S/C16H12N4O4/c1-19-15(24-16(21)11-7-3-2-4-8-11)14(17-18-19)12-9-5-6-10-13(12)20(22)23/h2-10H,1H3. The van der Waals surface area contributed by atoms with E-state index in [0.717, 1.165) is 0 Å². The van der Waals surface area contributed by atoms with Crippen LogP contribution in [0.3, 0.4) is 0 Å². The van der Waals surface area contributed by atoms with Crippen LogP contribution in [-0.4, -0.2) is 25.9 Å². The van der Waals surface area contributed by atoms with Gasteiger partial charge < -0.3 is 4.74 Å². The lowest BCUT2D eigenvalue weighted by atomic mass is 10.1. The number of benzene rings is 2. The van der Waals surface area contributed by atoms with Crippen LogP contribution < -0.4 is 4.74 Å². The summed E-state index contributed by atoms with van der Waals surface area (Å²) in [5, 5.41) is 18.9. The van der Waals surface area contributed by atoms with Crippen molar-refractivity contribution in [2.45, 2.75) is 0 Å². The molecular weight excluding hydrogens is 312 g/mol. The Morgan fingerprint density at radius 2 is 1.79 bits per heavy atom. The number of hydrogen-bond donors (Lipinski definition) is 0. The molecule has 3 rings (SSSR count). The molecule has 24 heavy (non-hydrogen) atoms. The van der Waals surface area contributed by atoms with Crippen molar-refractivity contribution in [2.75, 3.05) is 0 Å². The maximum absolute atomic E-state index is 12.2. The summed E-state index contributed by atoms with van der Waals surface area (Å²) < 4.78 is 6.62. The Labute approximate surface area is 136 Å². The van der Waals surface area contributed by atoms with Crippen molar-refractivity contribution >= 4 is 11.7 Å². The molecule has 8 heteroatoms. The van der Waals surface area contributed by atoms with Crippen LogP contribution in [0.4, 0.5) is 5.69 Å². The van der Waals surface area contributed by atoms with Gasteiger partial charge in [-0.05, 0) is 18.2 Å². The highest BCUT2D eigenvalue weighted by atomic mass is 16.6. The van der Waals surface area contributed by atoms with Crippen molar-refractivity contribution < 1.29 is 14.5 Å². The average molecular weight is 324 g/mol. The fourth-order valence-corrected chi connectivity index (χ4v) is 2.19. The molecule has 3 aromatic rings. The largest absolute Gasteiger partial charge is 0.402 e. The van der Waals surface area contributed by atoms with E-state index in [1.54, 1.807) is 49.5 Å². The van der Waals surface area contributed by atoms with Crippen molar-refractivity contribution in [2.24, 2.45) is 7.05 Å². The van der Waals surface area contributed by atoms with Crippen LogP contribution in [0.25, 0.3) is 11.3 Å². The normalized spacial score (nSPS) is 10.4. The van der Waals surface area contributed by atoms with Crippen LogP contribution in [-0.2, 0) is 7.05 Å². The Kier molecular flexibility index (Phi) is 4.02. The number of aryl methyl sites for hydroxylation is 1. The SMILES string of the molecule is Cn1nnc(-c2ccccc2[N+](=O)[O-])c1OC(=O)c1ccccc1. The van der Waals surface area contributed by atoms with Crippen molar-refractivity contribution in [1.29, 1.82) is 0 Å². The molecule has 1 aromatic heterocycles. The molecule has 8 nitrogen and oxygen atoms in total. The molecular formula is C16H12N4O4. The number of nitro groups is 1. The van der Waals surface area contributed by atoms with E-state index in [1.165, 1.54) is 16.8 Å². The van der Waals surface area contributed by atoms with Gasteiger partial charge in [0.05, 0.1) is 16.1 Å². The van der Waals surface area contributed by atoms with Crippen LogP contribution in [0.2, 0.25) is 0 Å². The lowest BCUT2D eigenvalue weighted by molar-refractivity contribution is -0.384. The summed E-state index contributed by atoms with van der Waals surface area (Å²) in [5.41, 5.74) is 0.572. The zero-order valence-corrected chi connectivity index (χ0v) is 12.6. The monoisotopic (exact) mass is 324 g/mol. The van der Waals surface area contributed by atoms with Gasteiger partial charge in [0, 0.05) is 13.1 Å². The highest BCUT2D eigenvalue weighted by Crippen LogP contribution is 2.34. The molecule has 1 heterocycles. The van der Waals surface area contributed by atoms with E-state index < -0.39 is 10.9 Å². The summed E-state index contributed by atoms with van der Waals surface area (Å²) in [6.07, 6.45) is 0. The summed E-state index contributed by atoms with van der Waals surface area (Å²) in [6.45, 7) is 0. The van der Waals surface area contributed by atoms with Gasteiger partial charge in [-0.2, -0.15) is 0 Å². The van der Waals surface area contributed by atoms with Crippen LogP contribution in [0.1, 0.15) is 10.4 Å². The number of nitro benzene ring substituents is 1. The molecule has 0 saturated heterocycles. The van der Waals surface area contributed by atoms with E-state index in [9.17, 15) is 14.9 Å². The average Bonchev–Trinajstić information content (AvgIpc) is 2.96. The van der Waals surface area contributed by atoms with E-state index in [1.807, 2.05) is 0 Å². The van der Waals surface area contributed by atoms with Gasteiger partial charge in [0.15, 0.2) is 5.69 Å². The summed E-state index contributed by atoms with van der Waals surface area (Å²) in [5.74, 6) is -0.556. The number of nitrogens with zero attached hydrogens (tertiary/aromatic N) is 4. The van der Waals surface area contributed by atoms with E-state index in [0.29, 0.717) is 5.56 Å². The molecule has 120 valence electrons. The molecule has 0 aliphatic rings. The van der Waals surface area contributed by atoms with Crippen molar-refractivity contribution in [3.8, 4) is 17.1 Å². The molecule has 0 atom stereocenters. The van der Waals surface area contributed by atoms with Crippen LogP contribution >= 0.6 is 0 Å². The van der Waals surface area contributed by atoms with Gasteiger partial charge in [-0.1, -0.05) is 35.5 Å². The van der Waals surface area contributed by atoms with E-state index in [-0.39, 0.29) is 22.8 Å². The molecule has 0 N–H and O–H groups in total. The van der Waals surface area contributed by atoms with Crippen molar-refractivity contribution in [3.05, 3.63) is 70.3 Å². The summed E-state index contributed by atoms with van der Waals surface area (Å²) in [4.78, 5) is 22.9. The first-order valence-electron chi connectivity index (χ1n) is 6.98. The first-order chi connectivity index (χ1) is 11.6. The molecule has 0 aliphatic heterocycles. The van der Waals surface area contributed by atoms with Gasteiger partial charge in [0.1, 0.15) is 0 Å². The molecule has 0 bridgehead atoms. The Bertz CT molecular complexity index is 905. The van der Waals surface area contributed by atoms with Gasteiger partial charge >= 0.3 is 5.97 Å². The molecule has 0 unspecified atom stereocenters. The van der Waals surface area contributed by atoms with Gasteiger partial charge in [-0.15, -0.1) is 5.10 Å². The van der Waals surface area contributed by atoms with E-state index >= 15 is 0 Å². The molecule has 0 spiro atoms. The predicted octanol–water partition coefficient (Wildman–Crippen LogP) is 2.61. The number of esters is 1. The van der Waals surface area contributed by atoms with E-state index in [2.05, 4.69) is 10.3 Å². The zero-order valence-electron chi connectivity index (χ0n) is 12.6. The number of carbonyl (C=O) groups is 1. The second-order valence-electron chi connectivity index (χ2n) is 4.90. The van der Waals surface area contributed by atoms with E-state index in [4.69, 9.17) is 4.74 Å². The quantitative estimate of drug-likeness (QED) is 0.415. The number of carbonyl (C=O) groups excluding carboxylic acids is 1. The minimum Gasteiger partial charge on any atom is -0.402 e. The van der Waals surface area contributed by atoms with Gasteiger partial charge in [-0.25, -0.2) is 9.48 Å². The van der Waals surface area contributed by atoms with Crippen LogP contribution in [0.5, 0.6) is 5.88 Å². The van der Waals surface area contributed by atoms with Gasteiger partial charge in [0.2, 0.25) is 5.88 Å².